The molecule has 36 heavy (non-hydrogen) atoms. The highest BCUT2D eigenvalue weighted by Gasteiger charge is 2.36. The average molecular weight is 503 g/mol. The van der Waals surface area contributed by atoms with Crippen LogP contribution in [0.4, 0.5) is 10.1 Å². The van der Waals surface area contributed by atoms with Gasteiger partial charge >= 0.3 is 11.9 Å². The third-order valence-electron chi connectivity index (χ3n) is 5.35. The molecule has 12 heteroatoms. The first-order valence-corrected chi connectivity index (χ1v) is 10.8. The Balaban J connectivity index is 2.40. The predicted molar refractivity (Wildman–Crippen MR) is 124 cm³/mol. The summed E-state index contributed by atoms with van der Waals surface area (Å²) < 4.78 is 22.8. The number of rotatable bonds is 11. The molecule has 0 bridgehead atoms. The molecule has 0 heterocycles. The van der Waals surface area contributed by atoms with E-state index in [1.54, 1.807) is 0 Å². The number of methoxy groups -OCH3 is 2. The first-order valence-electron chi connectivity index (χ1n) is 10.8. The Labute approximate surface area is 206 Å². The van der Waals surface area contributed by atoms with Crippen LogP contribution in [0.3, 0.4) is 0 Å². The van der Waals surface area contributed by atoms with Crippen molar-refractivity contribution in [3.8, 4) is 0 Å². The molecule has 0 aromatic heterocycles. The van der Waals surface area contributed by atoms with E-state index in [-0.39, 0.29) is 18.5 Å². The van der Waals surface area contributed by atoms with Crippen LogP contribution in [0.2, 0.25) is 0 Å². The Bertz CT molecular complexity index is 1110. The van der Waals surface area contributed by atoms with Crippen molar-refractivity contribution in [3.05, 3.63) is 75.6 Å². The zero-order valence-corrected chi connectivity index (χ0v) is 19.9. The molecule has 3 atom stereocenters. The zero-order valence-electron chi connectivity index (χ0n) is 19.9. The third-order valence-corrected chi connectivity index (χ3v) is 5.35. The van der Waals surface area contributed by atoms with Crippen molar-refractivity contribution < 1.29 is 38.0 Å². The van der Waals surface area contributed by atoms with Crippen LogP contribution in [0, 0.1) is 15.9 Å². The van der Waals surface area contributed by atoms with Crippen molar-refractivity contribution in [2.45, 2.75) is 37.8 Å². The van der Waals surface area contributed by atoms with Gasteiger partial charge in [-0.1, -0.05) is 24.3 Å². The van der Waals surface area contributed by atoms with Crippen molar-refractivity contribution in [2.75, 3.05) is 14.2 Å². The maximum absolute atomic E-state index is 13.3. The molecule has 0 saturated carbocycles. The van der Waals surface area contributed by atoms with Gasteiger partial charge in [0.2, 0.25) is 11.8 Å². The topological polar surface area (TPSA) is 154 Å². The Morgan fingerprint density at radius 1 is 0.972 bits per heavy atom. The number of nitro benzene ring substituents is 1. The molecule has 11 nitrogen and oxygen atoms in total. The lowest BCUT2D eigenvalue weighted by molar-refractivity contribution is -0.384. The summed E-state index contributed by atoms with van der Waals surface area (Å²) in [6.45, 7) is 1.21. The van der Waals surface area contributed by atoms with Crippen LogP contribution >= 0.6 is 0 Å². The number of nitrogens with zero attached hydrogens (tertiary/aromatic N) is 1. The molecule has 0 aliphatic carbocycles. The van der Waals surface area contributed by atoms with E-state index in [2.05, 4.69) is 10.6 Å². The van der Waals surface area contributed by atoms with E-state index in [0.717, 1.165) is 14.2 Å². The number of carbonyl (C=O) groups excluding carboxylic acids is 4. The maximum atomic E-state index is 13.3. The summed E-state index contributed by atoms with van der Waals surface area (Å²) in [4.78, 5) is 60.2. The summed E-state index contributed by atoms with van der Waals surface area (Å²) in [6.07, 6.45) is -0.379. The van der Waals surface area contributed by atoms with Crippen LogP contribution in [0.15, 0.2) is 48.5 Å². The van der Waals surface area contributed by atoms with Crippen molar-refractivity contribution in [3.63, 3.8) is 0 Å². The van der Waals surface area contributed by atoms with E-state index in [0.29, 0.717) is 11.1 Å². The van der Waals surface area contributed by atoms with Crippen LogP contribution < -0.4 is 10.6 Å². The Morgan fingerprint density at radius 3 is 2.08 bits per heavy atom. The standard InChI is InChI=1S/C24H26FN3O8/c1-14(29)26-20(12-15-4-8-17(25)9-5-15)23(31)27-22(24(32)36-3)19(13-21(30)35-2)16-6-10-18(11-7-16)28(33)34/h4-11,19-20,22H,12-13H2,1-3H3,(H,26,29)(H,27,31)/t19-,20+,22-/m1/s1. The Hall–Kier alpha value is -4.35. The Morgan fingerprint density at radius 2 is 1.58 bits per heavy atom. The highest BCUT2D eigenvalue weighted by molar-refractivity contribution is 5.91. The average Bonchev–Trinajstić information content (AvgIpc) is 2.86. The summed E-state index contributed by atoms with van der Waals surface area (Å²) >= 11 is 0. The molecule has 2 amide bonds. The zero-order chi connectivity index (χ0) is 26.8. The number of amides is 2. The number of nitro groups is 1. The highest BCUT2D eigenvalue weighted by atomic mass is 19.1. The molecule has 192 valence electrons. The molecule has 0 fully saturated rings. The van der Waals surface area contributed by atoms with Gasteiger partial charge in [0.1, 0.15) is 17.9 Å². The molecule has 2 rings (SSSR count). The second-order valence-corrected chi connectivity index (χ2v) is 7.83. The number of ether oxygens (including phenoxy) is 2. The lowest BCUT2D eigenvalue weighted by Crippen LogP contribution is -2.54. The molecule has 2 aromatic carbocycles. The normalized spacial score (nSPS) is 13.0. The van der Waals surface area contributed by atoms with Crippen molar-refractivity contribution in [2.24, 2.45) is 0 Å². The minimum Gasteiger partial charge on any atom is -0.469 e. The summed E-state index contributed by atoms with van der Waals surface area (Å²) in [5.41, 5.74) is 0.664. The maximum Gasteiger partial charge on any atom is 0.329 e. The van der Waals surface area contributed by atoms with Gasteiger partial charge in [-0.2, -0.15) is 0 Å². The largest absolute Gasteiger partial charge is 0.469 e. The molecule has 2 N–H and O–H groups in total. The highest BCUT2D eigenvalue weighted by Crippen LogP contribution is 2.27. The van der Waals surface area contributed by atoms with E-state index in [4.69, 9.17) is 9.47 Å². The number of hydrogen-bond donors (Lipinski definition) is 2. The number of nitrogens with one attached hydrogen (secondary N) is 2. The van der Waals surface area contributed by atoms with Gasteiger partial charge in [0.05, 0.1) is 25.6 Å². The number of esters is 2. The third kappa shape index (κ3) is 7.86. The van der Waals surface area contributed by atoms with Gasteiger partial charge in [-0.3, -0.25) is 24.5 Å². The van der Waals surface area contributed by atoms with Crippen molar-refractivity contribution in [1.82, 2.24) is 10.6 Å². The van der Waals surface area contributed by atoms with Crippen molar-refractivity contribution in [1.29, 1.82) is 0 Å². The number of halogens is 1. The van der Waals surface area contributed by atoms with E-state index in [9.17, 15) is 33.7 Å². The lowest BCUT2D eigenvalue weighted by Gasteiger charge is -2.28. The SMILES string of the molecule is COC(=O)C[C@H](c1ccc([N+](=O)[O-])cc1)[C@@H](NC(=O)[C@H](Cc1ccc(F)cc1)NC(C)=O)C(=O)OC. The fourth-order valence-corrected chi connectivity index (χ4v) is 3.55. The minimum absolute atomic E-state index is 0.0151. The fourth-order valence-electron chi connectivity index (χ4n) is 3.55. The fraction of sp³-hybridized carbons (Fsp3) is 0.333. The number of non-ortho nitro benzene ring substituents is 1. The minimum atomic E-state index is -1.41. The van der Waals surface area contributed by atoms with Crippen LogP contribution in [0.5, 0.6) is 0 Å². The monoisotopic (exact) mass is 503 g/mol. The number of carbonyl (C=O) groups is 4. The van der Waals surface area contributed by atoms with Gasteiger partial charge in [-0.05, 0) is 23.3 Å². The van der Waals surface area contributed by atoms with Gasteiger partial charge in [-0.15, -0.1) is 0 Å². The first-order chi connectivity index (χ1) is 17.0. The molecule has 0 saturated heterocycles. The van der Waals surface area contributed by atoms with Gasteiger partial charge in [0.15, 0.2) is 0 Å². The second kappa shape index (κ2) is 12.9. The molecule has 0 spiro atoms. The van der Waals surface area contributed by atoms with E-state index >= 15 is 0 Å². The summed E-state index contributed by atoms with van der Waals surface area (Å²) in [5.74, 6) is -4.36. The first kappa shape index (κ1) is 27.9. The van der Waals surface area contributed by atoms with Crippen LogP contribution in [-0.2, 0) is 35.1 Å². The summed E-state index contributed by atoms with van der Waals surface area (Å²) in [6, 6.07) is 7.87. The van der Waals surface area contributed by atoms with E-state index in [1.807, 2.05) is 0 Å². The van der Waals surface area contributed by atoms with E-state index in [1.165, 1.54) is 55.5 Å². The van der Waals surface area contributed by atoms with Gasteiger partial charge < -0.3 is 20.1 Å². The summed E-state index contributed by atoms with van der Waals surface area (Å²) in [5, 5.41) is 16.0. The predicted octanol–water partition coefficient (Wildman–Crippen LogP) is 1.79. The molecule has 2 aromatic rings. The molecular formula is C24H26FN3O8. The molecule has 0 aliphatic rings. The smallest absolute Gasteiger partial charge is 0.329 e. The van der Waals surface area contributed by atoms with Crippen molar-refractivity contribution >= 4 is 29.4 Å². The van der Waals surface area contributed by atoms with Gasteiger partial charge in [0.25, 0.3) is 5.69 Å². The van der Waals surface area contributed by atoms with Crippen LogP contribution in [0.25, 0.3) is 0 Å². The molecular weight excluding hydrogens is 477 g/mol. The quantitative estimate of drug-likeness (QED) is 0.267. The van der Waals surface area contributed by atoms with E-state index < -0.39 is 52.5 Å². The van der Waals surface area contributed by atoms with Gasteiger partial charge in [0, 0.05) is 31.4 Å². The second-order valence-electron chi connectivity index (χ2n) is 7.83. The number of benzene rings is 2. The molecule has 0 aliphatic heterocycles. The number of hydrogen-bond acceptors (Lipinski definition) is 8. The van der Waals surface area contributed by atoms with Gasteiger partial charge in [-0.25, -0.2) is 9.18 Å². The summed E-state index contributed by atoms with van der Waals surface area (Å²) in [7, 11) is 2.24. The lowest BCUT2D eigenvalue weighted by atomic mass is 9.87. The molecule has 0 radical (unpaired) electrons. The molecule has 0 unspecified atom stereocenters. The van der Waals surface area contributed by atoms with Crippen LogP contribution in [-0.4, -0.2) is 55.0 Å². The Kier molecular flexibility index (Phi) is 10.0. The van der Waals surface area contributed by atoms with Crippen LogP contribution in [0.1, 0.15) is 30.4 Å².